The molecular weight excluding hydrogens is 192 g/mol. The molecule has 0 aliphatic rings. The topological polar surface area (TPSA) is 97.0 Å². The van der Waals surface area contributed by atoms with Gasteiger partial charge in [-0.1, -0.05) is 0 Å². The fourth-order valence-electron chi connectivity index (χ4n) is 1.06. The quantitative estimate of drug-likeness (QED) is 0.678. The molecule has 14 heavy (non-hydrogen) atoms. The third-order valence-corrected chi connectivity index (χ3v) is 1.78. The fourth-order valence-corrected chi connectivity index (χ4v) is 1.06. The SMILES string of the molecule is COC(C(=O)O)(C(=O)O)c1ccco1. The van der Waals surface area contributed by atoms with Crippen LogP contribution in [0.15, 0.2) is 22.8 Å². The maximum atomic E-state index is 10.8. The molecule has 1 aromatic rings. The van der Waals surface area contributed by atoms with Crippen molar-refractivity contribution in [1.29, 1.82) is 0 Å². The van der Waals surface area contributed by atoms with Gasteiger partial charge in [-0.05, 0) is 12.1 Å². The molecule has 76 valence electrons. The van der Waals surface area contributed by atoms with Crippen molar-refractivity contribution in [3.63, 3.8) is 0 Å². The Morgan fingerprint density at radius 2 is 2.00 bits per heavy atom. The molecule has 0 amide bonds. The average molecular weight is 200 g/mol. The first-order chi connectivity index (χ1) is 6.55. The smallest absolute Gasteiger partial charge is 0.356 e. The summed E-state index contributed by atoms with van der Waals surface area (Å²) in [5.74, 6) is -3.55. The van der Waals surface area contributed by atoms with E-state index < -0.39 is 17.5 Å². The first kappa shape index (κ1) is 10.3. The van der Waals surface area contributed by atoms with Gasteiger partial charge in [0.05, 0.1) is 6.26 Å². The van der Waals surface area contributed by atoms with Crippen LogP contribution in [0.4, 0.5) is 0 Å². The predicted molar refractivity (Wildman–Crippen MR) is 42.7 cm³/mol. The maximum Gasteiger partial charge on any atom is 0.356 e. The van der Waals surface area contributed by atoms with E-state index in [-0.39, 0.29) is 5.76 Å². The Morgan fingerprint density at radius 1 is 1.43 bits per heavy atom. The van der Waals surface area contributed by atoms with Gasteiger partial charge in [0, 0.05) is 7.11 Å². The lowest BCUT2D eigenvalue weighted by Gasteiger charge is -2.20. The molecule has 0 bridgehead atoms. The van der Waals surface area contributed by atoms with Gasteiger partial charge in [0.2, 0.25) is 0 Å². The Morgan fingerprint density at radius 3 is 2.29 bits per heavy atom. The number of hydrogen-bond acceptors (Lipinski definition) is 4. The highest BCUT2D eigenvalue weighted by molar-refractivity contribution is 6.02. The molecule has 0 fully saturated rings. The molecule has 0 aliphatic carbocycles. The van der Waals surface area contributed by atoms with Crippen LogP contribution in [-0.2, 0) is 19.9 Å². The van der Waals surface area contributed by atoms with Gasteiger partial charge in [-0.15, -0.1) is 0 Å². The third kappa shape index (κ3) is 1.25. The second-order valence-corrected chi connectivity index (χ2v) is 2.47. The first-order valence-electron chi connectivity index (χ1n) is 3.61. The van der Waals surface area contributed by atoms with Crippen molar-refractivity contribution in [2.75, 3.05) is 7.11 Å². The highest BCUT2D eigenvalue weighted by Crippen LogP contribution is 2.26. The predicted octanol–water partition coefficient (Wildman–Crippen LogP) is 0.290. The third-order valence-electron chi connectivity index (χ3n) is 1.78. The van der Waals surface area contributed by atoms with Crippen molar-refractivity contribution in [3.8, 4) is 0 Å². The van der Waals surface area contributed by atoms with Gasteiger partial charge in [-0.3, -0.25) is 0 Å². The van der Waals surface area contributed by atoms with Crippen LogP contribution in [0.2, 0.25) is 0 Å². The first-order valence-corrected chi connectivity index (χ1v) is 3.61. The number of carbonyl (C=O) groups is 2. The van der Waals surface area contributed by atoms with E-state index in [9.17, 15) is 9.59 Å². The molecule has 1 heterocycles. The minimum Gasteiger partial charge on any atom is -0.478 e. The molecule has 1 aromatic heterocycles. The molecule has 0 saturated heterocycles. The van der Waals surface area contributed by atoms with Gasteiger partial charge < -0.3 is 19.4 Å². The Bertz CT molecular complexity index is 325. The number of hydrogen-bond donors (Lipinski definition) is 2. The molecule has 0 radical (unpaired) electrons. The van der Waals surface area contributed by atoms with Crippen LogP contribution in [-0.4, -0.2) is 29.3 Å². The molecule has 0 aromatic carbocycles. The number of ether oxygens (including phenoxy) is 1. The van der Waals surface area contributed by atoms with E-state index in [1.807, 2.05) is 0 Å². The van der Waals surface area contributed by atoms with E-state index in [0.29, 0.717) is 0 Å². The van der Waals surface area contributed by atoms with Crippen molar-refractivity contribution >= 4 is 11.9 Å². The van der Waals surface area contributed by atoms with E-state index >= 15 is 0 Å². The second kappa shape index (κ2) is 3.51. The number of rotatable bonds is 4. The zero-order chi connectivity index (χ0) is 10.8. The van der Waals surface area contributed by atoms with Gasteiger partial charge in [-0.2, -0.15) is 0 Å². The summed E-state index contributed by atoms with van der Waals surface area (Å²) in [6.07, 6.45) is 1.18. The van der Waals surface area contributed by atoms with Crippen molar-refractivity contribution in [1.82, 2.24) is 0 Å². The van der Waals surface area contributed by atoms with Crippen LogP contribution in [0.25, 0.3) is 0 Å². The van der Waals surface area contributed by atoms with E-state index in [1.54, 1.807) is 0 Å². The Labute approximate surface area is 78.7 Å². The molecule has 0 atom stereocenters. The zero-order valence-corrected chi connectivity index (χ0v) is 7.26. The van der Waals surface area contributed by atoms with E-state index in [2.05, 4.69) is 4.74 Å². The normalized spacial score (nSPS) is 11.2. The van der Waals surface area contributed by atoms with E-state index in [0.717, 1.165) is 7.11 Å². The van der Waals surface area contributed by atoms with Crippen LogP contribution in [0.5, 0.6) is 0 Å². The molecular formula is C8H8O6. The lowest BCUT2D eigenvalue weighted by molar-refractivity contribution is -0.183. The van der Waals surface area contributed by atoms with Crippen LogP contribution < -0.4 is 0 Å². The van der Waals surface area contributed by atoms with Gasteiger partial charge in [0.1, 0.15) is 0 Å². The largest absolute Gasteiger partial charge is 0.478 e. The summed E-state index contributed by atoms with van der Waals surface area (Å²) in [6.45, 7) is 0. The summed E-state index contributed by atoms with van der Waals surface area (Å²) in [6, 6.07) is 2.61. The molecule has 0 spiro atoms. The Kier molecular flexibility index (Phi) is 2.57. The molecule has 6 nitrogen and oxygen atoms in total. The van der Waals surface area contributed by atoms with Crippen LogP contribution in [0.1, 0.15) is 5.76 Å². The van der Waals surface area contributed by atoms with Crippen molar-refractivity contribution in [2.45, 2.75) is 5.60 Å². The zero-order valence-electron chi connectivity index (χ0n) is 7.26. The van der Waals surface area contributed by atoms with E-state index in [4.69, 9.17) is 14.6 Å². The summed E-state index contributed by atoms with van der Waals surface area (Å²) in [7, 11) is 0.991. The molecule has 0 aliphatic heterocycles. The number of carboxylic acids is 2. The standard InChI is InChI=1S/C8H8O6/c1-13-8(6(9)10,7(11)12)5-3-2-4-14-5/h2-4H,1H3,(H,9,10)(H,11,12). The summed E-state index contributed by atoms with van der Waals surface area (Å²) < 4.78 is 9.24. The maximum absolute atomic E-state index is 10.8. The number of carboxylic acid groups (broad SMARTS) is 2. The fraction of sp³-hybridized carbons (Fsp3) is 0.250. The number of furan rings is 1. The van der Waals surface area contributed by atoms with E-state index in [1.165, 1.54) is 18.4 Å². The van der Waals surface area contributed by atoms with Crippen molar-refractivity contribution < 1.29 is 29.0 Å². The number of aliphatic carboxylic acids is 2. The summed E-state index contributed by atoms with van der Waals surface area (Å²) in [4.78, 5) is 21.7. The Balaban J connectivity index is 3.29. The number of methoxy groups -OCH3 is 1. The second-order valence-electron chi connectivity index (χ2n) is 2.47. The van der Waals surface area contributed by atoms with Crippen molar-refractivity contribution in [2.24, 2.45) is 0 Å². The van der Waals surface area contributed by atoms with Crippen LogP contribution in [0, 0.1) is 0 Å². The van der Waals surface area contributed by atoms with Crippen LogP contribution >= 0.6 is 0 Å². The average Bonchev–Trinajstić information content (AvgIpc) is 2.58. The van der Waals surface area contributed by atoms with Gasteiger partial charge in [0.25, 0.3) is 0 Å². The summed E-state index contributed by atoms with van der Waals surface area (Å²) >= 11 is 0. The van der Waals surface area contributed by atoms with Crippen LogP contribution in [0.3, 0.4) is 0 Å². The molecule has 2 N–H and O–H groups in total. The summed E-state index contributed by atoms with van der Waals surface area (Å²) in [5, 5.41) is 17.6. The van der Waals surface area contributed by atoms with Gasteiger partial charge >= 0.3 is 17.5 Å². The Hall–Kier alpha value is -1.82. The highest BCUT2D eigenvalue weighted by atomic mass is 16.6. The lowest BCUT2D eigenvalue weighted by atomic mass is 10.0. The monoisotopic (exact) mass is 200 g/mol. The molecule has 1 rings (SSSR count). The lowest BCUT2D eigenvalue weighted by Crippen LogP contribution is -2.45. The highest BCUT2D eigenvalue weighted by Gasteiger charge is 2.52. The molecule has 6 heteroatoms. The minimum absolute atomic E-state index is 0.278. The molecule has 0 saturated carbocycles. The molecule has 0 unspecified atom stereocenters. The minimum atomic E-state index is -2.47. The van der Waals surface area contributed by atoms with Gasteiger partial charge in [0.15, 0.2) is 5.76 Å². The summed E-state index contributed by atoms with van der Waals surface area (Å²) in [5.41, 5.74) is -2.47. The van der Waals surface area contributed by atoms with Gasteiger partial charge in [-0.25, -0.2) is 9.59 Å². The van der Waals surface area contributed by atoms with Crippen molar-refractivity contribution in [3.05, 3.63) is 24.2 Å².